The molecule has 9 nitrogen and oxygen atoms in total. The average molecular weight is 415 g/mol. The number of likely N-dealkylation sites (tertiary alicyclic amines) is 1. The van der Waals surface area contributed by atoms with E-state index in [0.717, 1.165) is 40.7 Å². The summed E-state index contributed by atoms with van der Waals surface area (Å²) >= 11 is 0. The molecule has 0 aliphatic carbocycles. The molecule has 0 unspecified atom stereocenters. The number of aromatic amines is 1. The van der Waals surface area contributed by atoms with Crippen LogP contribution in [0.5, 0.6) is 0 Å². The molecule has 4 aromatic rings. The Hall–Kier alpha value is -4.01. The highest BCUT2D eigenvalue weighted by atomic mass is 16.4. The van der Waals surface area contributed by atoms with Crippen LogP contribution in [0.3, 0.4) is 0 Å². The second-order valence-electron chi connectivity index (χ2n) is 7.57. The van der Waals surface area contributed by atoms with Gasteiger partial charge in [0.05, 0.1) is 18.4 Å². The Kier molecular flexibility index (Phi) is 4.91. The quantitative estimate of drug-likeness (QED) is 0.525. The molecule has 0 saturated carbocycles. The third-order valence-corrected chi connectivity index (χ3v) is 5.65. The van der Waals surface area contributed by atoms with Crippen molar-refractivity contribution in [2.75, 3.05) is 13.1 Å². The molecule has 2 N–H and O–H groups in total. The van der Waals surface area contributed by atoms with Gasteiger partial charge in [-0.1, -0.05) is 18.2 Å². The van der Waals surface area contributed by atoms with E-state index in [1.165, 1.54) is 4.90 Å². The van der Waals surface area contributed by atoms with Crippen molar-refractivity contribution in [1.29, 1.82) is 0 Å². The first-order valence-electron chi connectivity index (χ1n) is 10.1. The Morgan fingerprint density at radius 3 is 2.45 bits per heavy atom. The molecule has 1 aliphatic rings. The zero-order chi connectivity index (χ0) is 21.2. The number of hydrogen-bond acceptors (Lipinski definition) is 5. The predicted octanol–water partition coefficient (Wildman–Crippen LogP) is 3.71. The highest BCUT2D eigenvalue weighted by Crippen LogP contribution is 2.27. The van der Waals surface area contributed by atoms with Gasteiger partial charge in [0.15, 0.2) is 5.82 Å². The van der Waals surface area contributed by atoms with Gasteiger partial charge in [0.25, 0.3) is 0 Å². The van der Waals surface area contributed by atoms with Crippen LogP contribution in [0, 0.1) is 0 Å². The van der Waals surface area contributed by atoms with Crippen molar-refractivity contribution in [2.24, 2.45) is 0 Å². The van der Waals surface area contributed by atoms with Gasteiger partial charge >= 0.3 is 6.09 Å². The molecule has 1 saturated heterocycles. The first-order chi connectivity index (χ1) is 15.2. The minimum Gasteiger partial charge on any atom is -0.465 e. The van der Waals surface area contributed by atoms with E-state index < -0.39 is 6.09 Å². The molecule has 9 heteroatoms. The van der Waals surface area contributed by atoms with Gasteiger partial charge < -0.3 is 10.0 Å². The number of carbonyl (C=O) groups is 1. The summed E-state index contributed by atoms with van der Waals surface area (Å²) in [6.07, 6.45) is 11.7. The van der Waals surface area contributed by atoms with Crippen LogP contribution in [0.4, 0.5) is 4.79 Å². The highest BCUT2D eigenvalue weighted by Gasteiger charge is 2.24. The zero-order valence-electron chi connectivity index (χ0n) is 16.7. The van der Waals surface area contributed by atoms with Crippen LogP contribution in [0.25, 0.3) is 33.6 Å². The Labute approximate surface area is 178 Å². The van der Waals surface area contributed by atoms with Crippen molar-refractivity contribution in [1.82, 2.24) is 34.8 Å². The zero-order valence-corrected chi connectivity index (χ0v) is 16.7. The fourth-order valence-electron chi connectivity index (χ4n) is 3.88. The number of nitrogens with zero attached hydrogens (tertiary/aromatic N) is 6. The van der Waals surface area contributed by atoms with Gasteiger partial charge in [0.1, 0.15) is 0 Å². The molecular weight excluding hydrogens is 394 g/mol. The summed E-state index contributed by atoms with van der Waals surface area (Å²) in [7, 11) is 0. The van der Waals surface area contributed by atoms with Crippen LogP contribution in [0.1, 0.15) is 18.9 Å². The molecule has 0 spiro atoms. The van der Waals surface area contributed by atoms with Crippen LogP contribution < -0.4 is 0 Å². The summed E-state index contributed by atoms with van der Waals surface area (Å²) in [5, 5.41) is 20.4. The van der Waals surface area contributed by atoms with Gasteiger partial charge in [-0.2, -0.15) is 10.2 Å². The van der Waals surface area contributed by atoms with Crippen LogP contribution in [0.2, 0.25) is 0 Å². The fraction of sp³-hybridized carbons (Fsp3) is 0.227. The summed E-state index contributed by atoms with van der Waals surface area (Å²) in [6, 6.07) is 8.24. The average Bonchev–Trinajstić information content (AvgIpc) is 3.52. The molecule has 0 bridgehead atoms. The number of hydrogen-bond donors (Lipinski definition) is 2. The van der Waals surface area contributed by atoms with Crippen molar-refractivity contribution >= 4 is 6.09 Å². The minimum atomic E-state index is -0.854. The molecule has 3 aromatic heterocycles. The number of rotatable bonds is 4. The first-order valence-corrected chi connectivity index (χ1v) is 10.1. The van der Waals surface area contributed by atoms with Crippen molar-refractivity contribution in [3.8, 4) is 33.6 Å². The van der Waals surface area contributed by atoms with Gasteiger partial charge in [0.2, 0.25) is 0 Å². The van der Waals surface area contributed by atoms with E-state index >= 15 is 0 Å². The van der Waals surface area contributed by atoms with E-state index in [9.17, 15) is 4.79 Å². The molecule has 0 radical (unpaired) electrons. The molecule has 0 atom stereocenters. The van der Waals surface area contributed by atoms with E-state index in [1.54, 1.807) is 18.6 Å². The molecule has 1 aliphatic heterocycles. The number of H-pyrrole nitrogens is 1. The fourth-order valence-corrected chi connectivity index (χ4v) is 3.88. The molecule has 1 amide bonds. The van der Waals surface area contributed by atoms with Crippen molar-refractivity contribution in [2.45, 2.75) is 18.9 Å². The van der Waals surface area contributed by atoms with Crippen LogP contribution in [0.15, 0.2) is 61.4 Å². The highest BCUT2D eigenvalue weighted by molar-refractivity contribution is 5.70. The van der Waals surface area contributed by atoms with Crippen LogP contribution in [-0.4, -0.2) is 59.1 Å². The summed E-state index contributed by atoms with van der Waals surface area (Å²) in [6.45, 7) is 1.07. The second kappa shape index (κ2) is 8.02. The standard InChI is InChI=1S/C22H21N7O2/c30-22(31)28-6-4-20(5-7-28)29-14-19(13-27-29)17-9-23-21(24-10-17)16-3-1-2-15(8-16)18-11-25-26-12-18/h1-3,8-14,20H,4-7H2,(H,25,26)(H,30,31). The number of amides is 1. The lowest BCUT2D eigenvalue weighted by molar-refractivity contribution is 0.124. The smallest absolute Gasteiger partial charge is 0.407 e. The topological polar surface area (TPSA) is 113 Å². The summed E-state index contributed by atoms with van der Waals surface area (Å²) in [5.74, 6) is 0.655. The lowest BCUT2D eigenvalue weighted by atomic mass is 10.1. The Morgan fingerprint density at radius 1 is 0.968 bits per heavy atom. The predicted molar refractivity (Wildman–Crippen MR) is 114 cm³/mol. The molecule has 1 fully saturated rings. The number of piperidine rings is 1. The first kappa shape index (κ1) is 19.0. The molecular formula is C22H21N7O2. The van der Waals surface area contributed by atoms with E-state index in [0.29, 0.717) is 18.9 Å². The number of carboxylic acid groups (broad SMARTS) is 1. The maximum Gasteiger partial charge on any atom is 0.407 e. The van der Waals surface area contributed by atoms with Crippen LogP contribution >= 0.6 is 0 Å². The summed E-state index contributed by atoms with van der Waals surface area (Å²) < 4.78 is 1.93. The van der Waals surface area contributed by atoms with Crippen molar-refractivity contribution < 1.29 is 9.90 Å². The molecule has 4 heterocycles. The molecule has 1 aromatic carbocycles. The number of aromatic nitrogens is 6. The van der Waals surface area contributed by atoms with Crippen molar-refractivity contribution in [3.63, 3.8) is 0 Å². The SMILES string of the molecule is O=C(O)N1CCC(n2cc(-c3cnc(-c4cccc(-c5cn[nH]c5)c4)nc3)cn2)CC1. The van der Waals surface area contributed by atoms with Gasteiger partial charge in [0, 0.05) is 60.1 Å². The van der Waals surface area contributed by atoms with Gasteiger partial charge in [-0.05, 0) is 24.5 Å². The van der Waals surface area contributed by atoms with E-state index in [2.05, 4.69) is 25.3 Å². The van der Waals surface area contributed by atoms with E-state index in [4.69, 9.17) is 5.11 Å². The van der Waals surface area contributed by atoms with Gasteiger partial charge in [-0.25, -0.2) is 14.8 Å². The largest absolute Gasteiger partial charge is 0.465 e. The second-order valence-corrected chi connectivity index (χ2v) is 7.57. The summed E-state index contributed by atoms with van der Waals surface area (Å²) in [4.78, 5) is 21.6. The Bertz CT molecular complexity index is 1180. The third kappa shape index (κ3) is 3.89. The molecule has 156 valence electrons. The Morgan fingerprint density at radius 2 is 1.74 bits per heavy atom. The van der Waals surface area contributed by atoms with Gasteiger partial charge in [-0.15, -0.1) is 0 Å². The maximum atomic E-state index is 11.1. The van der Waals surface area contributed by atoms with E-state index in [-0.39, 0.29) is 6.04 Å². The van der Waals surface area contributed by atoms with E-state index in [1.807, 2.05) is 47.5 Å². The third-order valence-electron chi connectivity index (χ3n) is 5.65. The molecule has 31 heavy (non-hydrogen) atoms. The maximum absolute atomic E-state index is 11.1. The lowest BCUT2D eigenvalue weighted by Gasteiger charge is -2.30. The Balaban J connectivity index is 1.31. The minimum absolute atomic E-state index is 0.204. The molecule has 5 rings (SSSR count). The van der Waals surface area contributed by atoms with Crippen molar-refractivity contribution in [3.05, 3.63) is 61.4 Å². The monoisotopic (exact) mass is 415 g/mol. The normalized spacial score (nSPS) is 14.6. The van der Waals surface area contributed by atoms with Crippen LogP contribution in [-0.2, 0) is 0 Å². The lowest BCUT2D eigenvalue weighted by Crippen LogP contribution is -2.38. The summed E-state index contributed by atoms with van der Waals surface area (Å²) in [5.41, 5.74) is 4.84. The van der Waals surface area contributed by atoms with Gasteiger partial charge in [-0.3, -0.25) is 9.78 Å². The number of benzene rings is 1. The number of nitrogens with one attached hydrogen (secondary N) is 1.